The van der Waals surface area contributed by atoms with Gasteiger partial charge in [0, 0.05) is 51.6 Å². The molecule has 0 saturated heterocycles. The first-order valence-corrected chi connectivity index (χ1v) is 12.6. The molecule has 3 rings (SSSR count). The van der Waals surface area contributed by atoms with Crippen LogP contribution in [0.5, 0.6) is 0 Å². The normalized spacial score (nSPS) is 11.0. The second-order valence-electron chi connectivity index (χ2n) is 6.33. The maximum absolute atomic E-state index is 2.61. The van der Waals surface area contributed by atoms with E-state index in [9.17, 15) is 0 Å². The molecule has 0 aliphatic carbocycles. The Hall–Kier alpha value is -1.33. The molecule has 146 valence electrons. The first-order chi connectivity index (χ1) is 13.9. The molecular formula is C24H27NS3. The first-order valence-electron chi connectivity index (χ1n) is 9.66. The molecule has 0 aliphatic heterocycles. The van der Waals surface area contributed by atoms with Crippen LogP contribution in [-0.2, 0) is 0 Å². The number of hydrogen-bond donors (Lipinski definition) is 0. The zero-order valence-corrected chi connectivity index (χ0v) is 18.5. The molecule has 0 spiro atoms. The molecule has 0 aromatic heterocycles. The Bertz CT molecular complexity index is 657. The predicted octanol–water partition coefficient (Wildman–Crippen LogP) is 6.67. The van der Waals surface area contributed by atoms with E-state index >= 15 is 0 Å². The van der Waals surface area contributed by atoms with E-state index in [0.717, 1.165) is 36.9 Å². The summed E-state index contributed by atoms with van der Waals surface area (Å²) in [7, 11) is 0. The van der Waals surface area contributed by atoms with Gasteiger partial charge in [-0.25, -0.2) is 0 Å². The van der Waals surface area contributed by atoms with E-state index in [1.54, 1.807) is 0 Å². The summed E-state index contributed by atoms with van der Waals surface area (Å²) in [6, 6.07) is 32.2. The third-order valence-electron chi connectivity index (χ3n) is 4.26. The lowest BCUT2D eigenvalue weighted by molar-refractivity contribution is 0.329. The first kappa shape index (κ1) is 21.4. The zero-order chi connectivity index (χ0) is 19.3. The number of thioether (sulfide) groups is 3. The van der Waals surface area contributed by atoms with E-state index in [0.29, 0.717) is 0 Å². The number of nitrogens with zero attached hydrogens (tertiary/aromatic N) is 1. The molecule has 0 saturated carbocycles. The topological polar surface area (TPSA) is 3.24 Å². The zero-order valence-electron chi connectivity index (χ0n) is 16.1. The van der Waals surface area contributed by atoms with Crippen LogP contribution in [-0.4, -0.2) is 41.8 Å². The van der Waals surface area contributed by atoms with Crippen LogP contribution in [0.2, 0.25) is 0 Å². The van der Waals surface area contributed by atoms with Gasteiger partial charge < -0.3 is 4.90 Å². The van der Waals surface area contributed by atoms with Gasteiger partial charge in [0.1, 0.15) is 0 Å². The summed E-state index contributed by atoms with van der Waals surface area (Å²) in [6.07, 6.45) is 0. The summed E-state index contributed by atoms with van der Waals surface area (Å²) in [5, 5.41) is 0. The highest BCUT2D eigenvalue weighted by Crippen LogP contribution is 2.20. The fraction of sp³-hybridized carbons (Fsp3) is 0.250. The average molecular weight is 426 g/mol. The van der Waals surface area contributed by atoms with Crippen LogP contribution in [0.15, 0.2) is 106 Å². The molecule has 1 nitrogen and oxygen atoms in total. The van der Waals surface area contributed by atoms with Crippen LogP contribution >= 0.6 is 35.3 Å². The molecule has 3 aromatic carbocycles. The highest BCUT2D eigenvalue weighted by atomic mass is 32.2. The Kier molecular flexibility index (Phi) is 9.92. The maximum atomic E-state index is 2.61. The Morgan fingerprint density at radius 2 is 0.714 bits per heavy atom. The van der Waals surface area contributed by atoms with Gasteiger partial charge >= 0.3 is 0 Å². The van der Waals surface area contributed by atoms with Crippen LogP contribution in [0.1, 0.15) is 0 Å². The lowest BCUT2D eigenvalue weighted by Gasteiger charge is -2.22. The van der Waals surface area contributed by atoms with Crippen LogP contribution < -0.4 is 0 Å². The molecule has 0 bridgehead atoms. The van der Waals surface area contributed by atoms with Gasteiger partial charge in [-0.05, 0) is 36.4 Å². The van der Waals surface area contributed by atoms with Crippen molar-refractivity contribution in [2.45, 2.75) is 14.7 Å². The van der Waals surface area contributed by atoms with Crippen molar-refractivity contribution < 1.29 is 0 Å². The Labute approximate surface area is 182 Å². The van der Waals surface area contributed by atoms with E-state index < -0.39 is 0 Å². The van der Waals surface area contributed by atoms with E-state index in [1.807, 2.05) is 35.3 Å². The fourth-order valence-electron chi connectivity index (χ4n) is 2.76. The lowest BCUT2D eigenvalue weighted by atomic mass is 10.4. The fourth-order valence-corrected chi connectivity index (χ4v) is 5.57. The average Bonchev–Trinajstić information content (AvgIpc) is 2.76. The van der Waals surface area contributed by atoms with Gasteiger partial charge in [-0.15, -0.1) is 35.3 Å². The molecule has 3 aromatic rings. The van der Waals surface area contributed by atoms with Crippen LogP contribution in [0.25, 0.3) is 0 Å². The van der Waals surface area contributed by atoms with E-state index in [1.165, 1.54) is 14.7 Å². The van der Waals surface area contributed by atoms with Crippen molar-refractivity contribution in [3.05, 3.63) is 91.0 Å². The summed E-state index contributed by atoms with van der Waals surface area (Å²) in [4.78, 5) is 6.70. The summed E-state index contributed by atoms with van der Waals surface area (Å²) < 4.78 is 0. The van der Waals surface area contributed by atoms with Gasteiger partial charge in [0.15, 0.2) is 0 Å². The molecule has 0 heterocycles. The third kappa shape index (κ3) is 8.36. The van der Waals surface area contributed by atoms with Crippen LogP contribution in [0, 0.1) is 0 Å². The van der Waals surface area contributed by atoms with Gasteiger partial charge in [-0.3, -0.25) is 0 Å². The molecule has 0 radical (unpaired) electrons. The SMILES string of the molecule is c1ccc(SCCN(CCSc2ccccc2)CCSc2ccccc2)cc1. The number of benzene rings is 3. The van der Waals surface area contributed by atoms with Crippen molar-refractivity contribution >= 4 is 35.3 Å². The van der Waals surface area contributed by atoms with Crippen molar-refractivity contribution in [3.8, 4) is 0 Å². The summed E-state index contributed by atoms with van der Waals surface area (Å²) in [5.41, 5.74) is 0. The molecule has 0 fully saturated rings. The van der Waals surface area contributed by atoms with Crippen molar-refractivity contribution in [1.82, 2.24) is 4.90 Å². The lowest BCUT2D eigenvalue weighted by Crippen LogP contribution is -2.30. The monoisotopic (exact) mass is 425 g/mol. The molecular weight excluding hydrogens is 398 g/mol. The van der Waals surface area contributed by atoms with Crippen LogP contribution in [0.4, 0.5) is 0 Å². The third-order valence-corrected chi connectivity index (χ3v) is 7.23. The molecule has 0 amide bonds. The minimum atomic E-state index is 1.13. The highest BCUT2D eigenvalue weighted by Gasteiger charge is 2.06. The minimum absolute atomic E-state index is 1.13. The number of hydrogen-bond acceptors (Lipinski definition) is 4. The smallest absolute Gasteiger partial charge is 0.0108 e. The molecule has 4 heteroatoms. The molecule has 0 unspecified atom stereocenters. The van der Waals surface area contributed by atoms with Gasteiger partial charge in [0.05, 0.1) is 0 Å². The van der Waals surface area contributed by atoms with Gasteiger partial charge in [-0.1, -0.05) is 54.6 Å². The van der Waals surface area contributed by atoms with Crippen molar-refractivity contribution in [3.63, 3.8) is 0 Å². The van der Waals surface area contributed by atoms with E-state index in [-0.39, 0.29) is 0 Å². The molecule has 0 aliphatic rings. The van der Waals surface area contributed by atoms with E-state index in [2.05, 4.69) is 95.9 Å². The van der Waals surface area contributed by atoms with E-state index in [4.69, 9.17) is 0 Å². The predicted molar refractivity (Wildman–Crippen MR) is 128 cm³/mol. The standard InChI is InChI=1S/C24H27NS3/c1-4-10-22(11-5-1)26-19-16-25(17-20-27-23-12-6-2-7-13-23)18-21-28-24-14-8-3-9-15-24/h1-15H,16-21H2. The Balaban J connectivity index is 1.44. The van der Waals surface area contributed by atoms with Crippen LogP contribution in [0.3, 0.4) is 0 Å². The van der Waals surface area contributed by atoms with Gasteiger partial charge in [-0.2, -0.15) is 0 Å². The van der Waals surface area contributed by atoms with Crippen molar-refractivity contribution in [2.24, 2.45) is 0 Å². The summed E-state index contributed by atoms with van der Waals surface area (Å²) in [5.74, 6) is 3.40. The number of rotatable bonds is 12. The maximum Gasteiger partial charge on any atom is 0.0108 e. The second kappa shape index (κ2) is 13.0. The minimum Gasteiger partial charge on any atom is -0.301 e. The summed E-state index contributed by atoms with van der Waals surface area (Å²) in [6.45, 7) is 3.39. The Morgan fingerprint density at radius 1 is 0.429 bits per heavy atom. The second-order valence-corrected chi connectivity index (χ2v) is 9.83. The summed E-state index contributed by atoms with van der Waals surface area (Å²) >= 11 is 5.86. The highest BCUT2D eigenvalue weighted by molar-refractivity contribution is 7.99. The van der Waals surface area contributed by atoms with Crippen molar-refractivity contribution in [1.29, 1.82) is 0 Å². The largest absolute Gasteiger partial charge is 0.301 e. The van der Waals surface area contributed by atoms with Gasteiger partial charge in [0.2, 0.25) is 0 Å². The van der Waals surface area contributed by atoms with Gasteiger partial charge in [0.25, 0.3) is 0 Å². The van der Waals surface area contributed by atoms with Crippen molar-refractivity contribution in [2.75, 3.05) is 36.9 Å². The molecule has 0 atom stereocenters. The molecule has 28 heavy (non-hydrogen) atoms. The quantitative estimate of drug-likeness (QED) is 0.298. The molecule has 0 N–H and O–H groups in total. The Morgan fingerprint density at radius 3 is 1.00 bits per heavy atom.